The number of aliphatic hydroxyl groups is 1. The minimum atomic E-state index is -1.10. The first kappa shape index (κ1) is 19.2. The number of amides is 2. The summed E-state index contributed by atoms with van der Waals surface area (Å²) < 4.78 is 0. The molecule has 2 aliphatic rings. The standard InChI is InChI=1S/C22H26N2O3S/c1-22(27)12-13-24(21(26)16-9-5-10-16)18(17-11-6-14-28-17)19(22)23-20(25)15-7-3-2-4-8-15/h2-4,6-8,11,14,16,18-19,27H,5,9-10,12-13H2,1H3,(H,23,25). The number of rotatable bonds is 4. The van der Waals surface area contributed by atoms with Crippen LogP contribution in [0.25, 0.3) is 0 Å². The maximum Gasteiger partial charge on any atom is 0.251 e. The highest BCUT2D eigenvalue weighted by molar-refractivity contribution is 7.10. The molecule has 1 aliphatic heterocycles. The molecule has 2 N–H and O–H groups in total. The van der Waals surface area contributed by atoms with E-state index in [2.05, 4.69) is 5.32 Å². The average Bonchev–Trinajstić information content (AvgIpc) is 3.16. The van der Waals surface area contributed by atoms with Crippen molar-refractivity contribution in [2.45, 2.75) is 50.3 Å². The van der Waals surface area contributed by atoms with E-state index in [1.807, 2.05) is 40.6 Å². The quantitative estimate of drug-likeness (QED) is 0.830. The van der Waals surface area contributed by atoms with Gasteiger partial charge in [0.25, 0.3) is 5.91 Å². The zero-order valence-corrected chi connectivity index (χ0v) is 16.8. The van der Waals surface area contributed by atoms with Gasteiger partial charge in [-0.05, 0) is 49.8 Å². The molecule has 2 fully saturated rings. The molecule has 1 aliphatic carbocycles. The van der Waals surface area contributed by atoms with Gasteiger partial charge in [-0.3, -0.25) is 9.59 Å². The Morgan fingerprint density at radius 1 is 1.18 bits per heavy atom. The lowest BCUT2D eigenvalue weighted by Crippen LogP contribution is -2.64. The summed E-state index contributed by atoms with van der Waals surface area (Å²) in [4.78, 5) is 28.9. The predicted molar refractivity (Wildman–Crippen MR) is 109 cm³/mol. The summed E-state index contributed by atoms with van der Waals surface area (Å²) in [7, 11) is 0. The van der Waals surface area contributed by atoms with Crippen LogP contribution in [0.5, 0.6) is 0 Å². The van der Waals surface area contributed by atoms with Crippen molar-refractivity contribution in [3.63, 3.8) is 0 Å². The monoisotopic (exact) mass is 398 g/mol. The Kier molecular flexibility index (Phi) is 5.25. The van der Waals surface area contributed by atoms with E-state index in [9.17, 15) is 14.7 Å². The number of carbonyl (C=O) groups excluding carboxylic acids is 2. The van der Waals surface area contributed by atoms with E-state index < -0.39 is 11.6 Å². The van der Waals surface area contributed by atoms with Crippen molar-refractivity contribution in [1.82, 2.24) is 10.2 Å². The number of carbonyl (C=O) groups is 2. The van der Waals surface area contributed by atoms with E-state index >= 15 is 0 Å². The highest BCUT2D eigenvalue weighted by atomic mass is 32.1. The molecule has 5 nitrogen and oxygen atoms in total. The van der Waals surface area contributed by atoms with Crippen LogP contribution < -0.4 is 5.32 Å². The zero-order valence-electron chi connectivity index (χ0n) is 16.0. The van der Waals surface area contributed by atoms with Gasteiger partial charge in [0.05, 0.1) is 17.7 Å². The van der Waals surface area contributed by atoms with E-state index in [0.717, 1.165) is 24.1 Å². The molecule has 1 aromatic heterocycles. The molecule has 1 saturated carbocycles. The van der Waals surface area contributed by atoms with Gasteiger partial charge < -0.3 is 15.3 Å². The molecule has 3 atom stereocenters. The molecule has 2 amide bonds. The van der Waals surface area contributed by atoms with E-state index in [1.165, 1.54) is 0 Å². The third-order valence-electron chi connectivity index (χ3n) is 6.08. The molecule has 0 radical (unpaired) electrons. The van der Waals surface area contributed by atoms with Crippen molar-refractivity contribution in [3.05, 3.63) is 58.3 Å². The van der Waals surface area contributed by atoms with Crippen LogP contribution in [0.3, 0.4) is 0 Å². The molecule has 6 heteroatoms. The van der Waals surface area contributed by atoms with E-state index in [4.69, 9.17) is 0 Å². The molecule has 0 bridgehead atoms. The number of hydrogen-bond donors (Lipinski definition) is 2. The SMILES string of the molecule is CC1(O)CCN(C(=O)C2CCC2)C(c2cccs2)C1NC(=O)c1ccccc1. The first-order valence-corrected chi connectivity index (χ1v) is 10.8. The Morgan fingerprint density at radius 2 is 1.93 bits per heavy atom. The summed E-state index contributed by atoms with van der Waals surface area (Å²) in [5.74, 6) is 0.000436. The van der Waals surface area contributed by atoms with Crippen molar-refractivity contribution in [3.8, 4) is 0 Å². The molecule has 1 saturated heterocycles. The Bertz CT molecular complexity index is 831. The first-order valence-electron chi connectivity index (χ1n) is 9.89. The number of likely N-dealkylation sites (tertiary alicyclic amines) is 1. The third-order valence-corrected chi connectivity index (χ3v) is 7.02. The predicted octanol–water partition coefficient (Wildman–Crippen LogP) is 3.37. The van der Waals surface area contributed by atoms with E-state index in [-0.39, 0.29) is 23.8 Å². The lowest BCUT2D eigenvalue weighted by molar-refractivity contribution is -0.149. The van der Waals surface area contributed by atoms with Gasteiger partial charge in [-0.25, -0.2) is 0 Å². The number of thiophene rings is 1. The molecule has 28 heavy (non-hydrogen) atoms. The van der Waals surface area contributed by atoms with Crippen molar-refractivity contribution in [2.75, 3.05) is 6.54 Å². The average molecular weight is 399 g/mol. The fourth-order valence-corrected chi connectivity index (χ4v) is 5.00. The minimum absolute atomic E-state index is 0.0796. The van der Waals surface area contributed by atoms with Crippen molar-refractivity contribution in [1.29, 1.82) is 0 Å². The maximum absolute atomic E-state index is 13.1. The van der Waals surface area contributed by atoms with Crippen LogP contribution in [0.4, 0.5) is 0 Å². The van der Waals surface area contributed by atoms with Crippen molar-refractivity contribution < 1.29 is 14.7 Å². The van der Waals surface area contributed by atoms with Gasteiger partial charge in [0.15, 0.2) is 0 Å². The molecule has 148 valence electrons. The highest BCUT2D eigenvalue weighted by Crippen LogP contribution is 2.41. The summed E-state index contributed by atoms with van der Waals surface area (Å²) in [6.07, 6.45) is 3.40. The lowest BCUT2D eigenvalue weighted by atomic mass is 9.78. The molecule has 0 spiro atoms. The number of nitrogens with zero attached hydrogens (tertiary/aromatic N) is 1. The van der Waals surface area contributed by atoms with Gasteiger partial charge in [-0.1, -0.05) is 30.7 Å². The van der Waals surface area contributed by atoms with Gasteiger partial charge in [-0.15, -0.1) is 11.3 Å². The molecule has 4 rings (SSSR count). The zero-order chi connectivity index (χ0) is 19.7. The normalized spacial score (nSPS) is 27.9. The second kappa shape index (κ2) is 7.68. The Balaban J connectivity index is 1.66. The molecular formula is C22H26N2O3S. The number of benzene rings is 1. The Morgan fingerprint density at radius 3 is 2.54 bits per heavy atom. The van der Waals surface area contributed by atoms with Crippen LogP contribution in [-0.2, 0) is 4.79 Å². The van der Waals surface area contributed by atoms with Crippen LogP contribution in [0, 0.1) is 5.92 Å². The molecule has 2 heterocycles. The first-order chi connectivity index (χ1) is 13.5. The summed E-state index contributed by atoms with van der Waals surface area (Å²) >= 11 is 1.56. The molecular weight excluding hydrogens is 372 g/mol. The smallest absolute Gasteiger partial charge is 0.251 e. The number of hydrogen-bond acceptors (Lipinski definition) is 4. The second-order valence-electron chi connectivity index (χ2n) is 8.04. The van der Waals surface area contributed by atoms with Crippen LogP contribution >= 0.6 is 11.3 Å². The molecule has 2 aromatic rings. The Hall–Kier alpha value is -2.18. The third kappa shape index (κ3) is 3.59. The molecule has 3 unspecified atom stereocenters. The lowest BCUT2D eigenvalue weighted by Gasteiger charge is -2.50. The van der Waals surface area contributed by atoms with E-state index in [0.29, 0.717) is 18.5 Å². The van der Waals surface area contributed by atoms with Crippen LogP contribution in [0.15, 0.2) is 47.8 Å². The Labute approximate surface area is 169 Å². The van der Waals surface area contributed by atoms with Gasteiger partial charge >= 0.3 is 0 Å². The van der Waals surface area contributed by atoms with Crippen molar-refractivity contribution in [2.24, 2.45) is 5.92 Å². The number of nitrogens with one attached hydrogen (secondary N) is 1. The maximum atomic E-state index is 13.1. The summed E-state index contributed by atoms with van der Waals surface area (Å²) in [6, 6.07) is 12.0. The van der Waals surface area contributed by atoms with Crippen molar-refractivity contribution >= 4 is 23.2 Å². The van der Waals surface area contributed by atoms with Crippen LogP contribution in [0.1, 0.15) is 53.9 Å². The highest BCUT2D eigenvalue weighted by Gasteiger charge is 2.49. The fraction of sp³-hybridized carbons (Fsp3) is 0.455. The minimum Gasteiger partial charge on any atom is -0.388 e. The second-order valence-corrected chi connectivity index (χ2v) is 9.02. The summed E-state index contributed by atoms with van der Waals surface area (Å²) in [5, 5.41) is 16.2. The molecule has 1 aromatic carbocycles. The van der Waals surface area contributed by atoms with E-state index in [1.54, 1.807) is 30.4 Å². The fourth-order valence-electron chi connectivity index (χ4n) is 4.12. The van der Waals surface area contributed by atoms with Gasteiger partial charge in [0.2, 0.25) is 5.91 Å². The number of piperidine rings is 1. The van der Waals surface area contributed by atoms with Crippen LogP contribution in [0.2, 0.25) is 0 Å². The summed E-state index contributed by atoms with van der Waals surface area (Å²) in [6.45, 7) is 2.26. The largest absolute Gasteiger partial charge is 0.388 e. The van der Waals surface area contributed by atoms with Gasteiger partial charge in [-0.2, -0.15) is 0 Å². The summed E-state index contributed by atoms with van der Waals surface area (Å²) in [5.41, 5.74) is -0.555. The topological polar surface area (TPSA) is 69.6 Å². The van der Waals surface area contributed by atoms with Crippen LogP contribution in [-0.4, -0.2) is 40.0 Å². The van der Waals surface area contributed by atoms with Gasteiger partial charge in [0.1, 0.15) is 0 Å². The van der Waals surface area contributed by atoms with Gasteiger partial charge in [0, 0.05) is 22.9 Å².